The van der Waals surface area contributed by atoms with Crippen molar-refractivity contribution in [3.05, 3.63) is 29.3 Å². The van der Waals surface area contributed by atoms with E-state index in [4.69, 9.17) is 0 Å². The molecule has 0 radical (unpaired) electrons. The van der Waals surface area contributed by atoms with E-state index in [9.17, 15) is 4.79 Å². The second kappa shape index (κ2) is 6.60. The van der Waals surface area contributed by atoms with Crippen LogP contribution in [0.3, 0.4) is 0 Å². The van der Waals surface area contributed by atoms with E-state index in [0.29, 0.717) is 6.04 Å². The number of fused-ring (bicyclic) bond motifs is 1. The molecule has 0 fully saturated rings. The van der Waals surface area contributed by atoms with Crippen LogP contribution in [0.15, 0.2) is 18.2 Å². The summed E-state index contributed by atoms with van der Waals surface area (Å²) in [7, 11) is 0. The van der Waals surface area contributed by atoms with Crippen molar-refractivity contribution in [1.29, 1.82) is 0 Å². The number of carbonyl (C=O) groups is 1. The van der Waals surface area contributed by atoms with Gasteiger partial charge in [-0.15, -0.1) is 0 Å². The third kappa shape index (κ3) is 3.49. The largest absolute Gasteiger partial charge is 0.385 e. The second-order valence-electron chi connectivity index (χ2n) is 5.27. The van der Waals surface area contributed by atoms with Crippen LogP contribution in [0.4, 0.5) is 5.69 Å². The van der Waals surface area contributed by atoms with E-state index in [1.807, 2.05) is 18.2 Å². The first-order valence-electron chi connectivity index (χ1n) is 7.42. The van der Waals surface area contributed by atoms with Crippen LogP contribution in [-0.2, 0) is 6.42 Å². The number of benzene rings is 1. The number of rotatable bonds is 5. The standard InChI is InChI=1S/C16H24N2O/c1-3-6-14(4-2)18-16(19)13-8-9-15-12(11-13)7-5-10-17-15/h8-9,11,14,17H,3-7,10H2,1-2H3,(H,18,19). The van der Waals surface area contributed by atoms with E-state index >= 15 is 0 Å². The fourth-order valence-electron chi connectivity index (χ4n) is 2.61. The molecule has 1 unspecified atom stereocenters. The predicted octanol–water partition coefficient (Wildman–Crippen LogP) is 3.35. The molecular formula is C16H24N2O. The Morgan fingerprint density at radius 2 is 2.26 bits per heavy atom. The predicted molar refractivity (Wildman–Crippen MR) is 79.7 cm³/mol. The number of hydrogen-bond donors (Lipinski definition) is 2. The van der Waals surface area contributed by atoms with Gasteiger partial charge in [-0.2, -0.15) is 0 Å². The number of anilines is 1. The molecule has 0 aromatic heterocycles. The van der Waals surface area contributed by atoms with Crippen LogP contribution in [0, 0.1) is 0 Å². The Labute approximate surface area is 115 Å². The van der Waals surface area contributed by atoms with Crippen LogP contribution in [0.2, 0.25) is 0 Å². The van der Waals surface area contributed by atoms with Crippen LogP contribution >= 0.6 is 0 Å². The maximum absolute atomic E-state index is 12.2. The zero-order chi connectivity index (χ0) is 13.7. The van der Waals surface area contributed by atoms with Gasteiger partial charge in [-0.1, -0.05) is 20.3 Å². The topological polar surface area (TPSA) is 41.1 Å². The van der Waals surface area contributed by atoms with Crippen molar-refractivity contribution in [3.8, 4) is 0 Å². The molecule has 1 heterocycles. The third-order valence-corrected chi connectivity index (χ3v) is 3.77. The lowest BCUT2D eigenvalue weighted by Gasteiger charge is -2.20. The summed E-state index contributed by atoms with van der Waals surface area (Å²) in [6.45, 7) is 5.31. The molecule has 2 rings (SSSR count). The maximum Gasteiger partial charge on any atom is 0.251 e. The molecule has 2 N–H and O–H groups in total. The van der Waals surface area contributed by atoms with E-state index in [2.05, 4.69) is 24.5 Å². The third-order valence-electron chi connectivity index (χ3n) is 3.77. The van der Waals surface area contributed by atoms with Gasteiger partial charge in [-0.3, -0.25) is 4.79 Å². The first-order valence-corrected chi connectivity index (χ1v) is 7.42. The van der Waals surface area contributed by atoms with Crippen molar-refractivity contribution in [2.75, 3.05) is 11.9 Å². The lowest BCUT2D eigenvalue weighted by Crippen LogP contribution is -2.34. The highest BCUT2D eigenvalue weighted by Crippen LogP contribution is 2.23. The molecule has 1 aliphatic rings. The SMILES string of the molecule is CCCC(CC)NC(=O)c1ccc2c(c1)CCCN2. The Balaban J connectivity index is 2.06. The van der Waals surface area contributed by atoms with Crippen LogP contribution in [0.5, 0.6) is 0 Å². The van der Waals surface area contributed by atoms with Gasteiger partial charge in [-0.25, -0.2) is 0 Å². The quantitative estimate of drug-likeness (QED) is 0.852. The summed E-state index contributed by atoms with van der Waals surface area (Å²) in [5.74, 6) is 0.0636. The van der Waals surface area contributed by atoms with Gasteiger partial charge in [0.05, 0.1) is 0 Å². The molecule has 1 atom stereocenters. The summed E-state index contributed by atoms with van der Waals surface area (Å²) in [5.41, 5.74) is 3.24. The number of amides is 1. The average molecular weight is 260 g/mol. The van der Waals surface area contributed by atoms with E-state index < -0.39 is 0 Å². The van der Waals surface area contributed by atoms with Crippen LogP contribution < -0.4 is 10.6 Å². The molecule has 0 aliphatic carbocycles. The van der Waals surface area contributed by atoms with Crippen LogP contribution in [-0.4, -0.2) is 18.5 Å². The van der Waals surface area contributed by atoms with E-state index in [0.717, 1.165) is 44.2 Å². The van der Waals surface area contributed by atoms with Gasteiger partial charge in [0, 0.05) is 23.8 Å². The molecule has 19 heavy (non-hydrogen) atoms. The molecule has 0 spiro atoms. The van der Waals surface area contributed by atoms with E-state index in [1.54, 1.807) is 0 Å². The second-order valence-corrected chi connectivity index (χ2v) is 5.27. The molecule has 1 amide bonds. The van der Waals surface area contributed by atoms with Crippen molar-refractivity contribution in [2.24, 2.45) is 0 Å². The summed E-state index contributed by atoms with van der Waals surface area (Å²) in [6, 6.07) is 6.29. The number of carbonyl (C=O) groups excluding carboxylic acids is 1. The van der Waals surface area contributed by atoms with Gasteiger partial charge in [-0.05, 0) is 49.4 Å². The monoisotopic (exact) mass is 260 g/mol. The Bertz CT molecular complexity index is 442. The first-order chi connectivity index (χ1) is 9.24. The van der Waals surface area contributed by atoms with Crippen molar-refractivity contribution in [1.82, 2.24) is 5.32 Å². The minimum atomic E-state index is 0.0636. The van der Waals surface area contributed by atoms with Gasteiger partial charge in [0.15, 0.2) is 0 Å². The van der Waals surface area contributed by atoms with Gasteiger partial charge in [0.1, 0.15) is 0 Å². The zero-order valence-corrected chi connectivity index (χ0v) is 12.0. The zero-order valence-electron chi connectivity index (χ0n) is 12.0. The molecule has 1 aromatic rings. The van der Waals surface area contributed by atoms with Gasteiger partial charge < -0.3 is 10.6 Å². The fraction of sp³-hybridized carbons (Fsp3) is 0.562. The average Bonchev–Trinajstić information content (AvgIpc) is 2.46. The smallest absolute Gasteiger partial charge is 0.251 e. The van der Waals surface area contributed by atoms with Crippen molar-refractivity contribution < 1.29 is 4.79 Å². The number of hydrogen-bond acceptors (Lipinski definition) is 2. The molecule has 104 valence electrons. The molecule has 0 bridgehead atoms. The van der Waals surface area contributed by atoms with Gasteiger partial charge >= 0.3 is 0 Å². The molecule has 1 aromatic carbocycles. The minimum absolute atomic E-state index is 0.0636. The minimum Gasteiger partial charge on any atom is -0.385 e. The summed E-state index contributed by atoms with van der Waals surface area (Å²) >= 11 is 0. The Hall–Kier alpha value is -1.51. The molecule has 0 saturated heterocycles. The molecule has 1 aliphatic heterocycles. The first kappa shape index (κ1) is 13.9. The lowest BCUT2D eigenvalue weighted by molar-refractivity contribution is 0.0933. The Kier molecular flexibility index (Phi) is 4.83. The van der Waals surface area contributed by atoms with Crippen molar-refractivity contribution >= 4 is 11.6 Å². The highest BCUT2D eigenvalue weighted by atomic mass is 16.1. The molecular weight excluding hydrogens is 236 g/mol. The van der Waals surface area contributed by atoms with Crippen LogP contribution in [0.1, 0.15) is 55.5 Å². The number of nitrogens with one attached hydrogen (secondary N) is 2. The maximum atomic E-state index is 12.2. The summed E-state index contributed by atoms with van der Waals surface area (Å²) in [5, 5.41) is 6.50. The van der Waals surface area contributed by atoms with Crippen molar-refractivity contribution in [2.45, 2.75) is 52.0 Å². The fourth-order valence-corrected chi connectivity index (χ4v) is 2.61. The van der Waals surface area contributed by atoms with E-state index in [-0.39, 0.29) is 5.91 Å². The summed E-state index contributed by atoms with van der Waals surface area (Å²) in [6.07, 6.45) is 5.36. The molecule has 3 nitrogen and oxygen atoms in total. The summed E-state index contributed by atoms with van der Waals surface area (Å²) in [4.78, 5) is 12.2. The van der Waals surface area contributed by atoms with Crippen molar-refractivity contribution in [3.63, 3.8) is 0 Å². The van der Waals surface area contributed by atoms with Gasteiger partial charge in [0.2, 0.25) is 0 Å². The lowest BCUT2D eigenvalue weighted by atomic mass is 10.00. The highest BCUT2D eigenvalue weighted by molar-refractivity contribution is 5.95. The summed E-state index contributed by atoms with van der Waals surface area (Å²) < 4.78 is 0. The molecule has 0 saturated carbocycles. The Morgan fingerprint density at radius 1 is 1.42 bits per heavy atom. The molecule has 3 heteroatoms. The van der Waals surface area contributed by atoms with E-state index in [1.165, 1.54) is 11.3 Å². The normalized spacial score (nSPS) is 15.3. The van der Waals surface area contributed by atoms with Gasteiger partial charge in [0.25, 0.3) is 5.91 Å². The van der Waals surface area contributed by atoms with Crippen LogP contribution in [0.25, 0.3) is 0 Å². The Morgan fingerprint density at radius 3 is 3.00 bits per heavy atom. The number of aryl methyl sites for hydroxylation is 1. The highest BCUT2D eigenvalue weighted by Gasteiger charge is 2.14.